The van der Waals surface area contributed by atoms with Crippen molar-refractivity contribution in [1.82, 2.24) is 19.0 Å². The second-order valence-corrected chi connectivity index (χ2v) is 10.8. The van der Waals surface area contributed by atoms with Gasteiger partial charge in [0.2, 0.25) is 0 Å². The Morgan fingerprint density at radius 2 is 1.45 bits per heavy atom. The van der Waals surface area contributed by atoms with Crippen LogP contribution in [0.4, 0.5) is 0 Å². The second kappa shape index (κ2) is 10.2. The van der Waals surface area contributed by atoms with Crippen LogP contribution in [0.1, 0.15) is 33.5 Å². The minimum absolute atomic E-state index is 0.326. The fraction of sp³-hybridized carbons (Fsp3) is 0.206. The maximum Gasteiger partial charge on any atom is 0.332 e. The Balaban J connectivity index is 1.67. The van der Waals surface area contributed by atoms with Gasteiger partial charge in [-0.05, 0) is 42.2 Å². The first-order valence-corrected chi connectivity index (χ1v) is 13.5. The summed E-state index contributed by atoms with van der Waals surface area (Å²) in [6.45, 7) is 6.23. The highest BCUT2D eigenvalue weighted by Crippen LogP contribution is 2.38. The molecule has 0 fully saturated rings. The average molecular weight is 529 g/mol. The summed E-state index contributed by atoms with van der Waals surface area (Å²) in [5, 5.41) is 0.475. The van der Waals surface area contributed by atoms with E-state index in [4.69, 9.17) is 4.98 Å². The molecule has 0 spiro atoms. The SMILES string of the molecule is Cc1ccc(/C=C2\CN(Cc3ccccc3)Cc3c2nc2c(c3-c3ccc(C)cc3)c(=O)n(C)c(=O)n2C)cc1. The van der Waals surface area contributed by atoms with Crippen molar-refractivity contribution in [2.24, 2.45) is 14.1 Å². The molecule has 3 aromatic carbocycles. The molecular formula is C34H32N4O2. The number of aromatic nitrogens is 3. The van der Waals surface area contributed by atoms with Crippen LogP contribution in [0.25, 0.3) is 33.8 Å². The predicted molar refractivity (Wildman–Crippen MR) is 162 cm³/mol. The van der Waals surface area contributed by atoms with Gasteiger partial charge < -0.3 is 0 Å². The molecule has 200 valence electrons. The lowest BCUT2D eigenvalue weighted by atomic mass is 9.89. The van der Waals surface area contributed by atoms with E-state index in [1.165, 1.54) is 27.3 Å². The van der Waals surface area contributed by atoms with Crippen molar-refractivity contribution in [1.29, 1.82) is 0 Å². The summed E-state index contributed by atoms with van der Waals surface area (Å²) in [4.78, 5) is 34.2. The van der Waals surface area contributed by atoms with Crippen LogP contribution < -0.4 is 11.2 Å². The van der Waals surface area contributed by atoms with Crippen LogP contribution in [-0.2, 0) is 27.2 Å². The number of aryl methyl sites for hydroxylation is 3. The molecule has 6 rings (SSSR count). The van der Waals surface area contributed by atoms with Gasteiger partial charge in [0.05, 0.1) is 11.1 Å². The first-order valence-electron chi connectivity index (χ1n) is 13.5. The quantitative estimate of drug-likeness (QED) is 0.310. The Bertz CT molecular complexity index is 1880. The van der Waals surface area contributed by atoms with Crippen LogP contribution in [0.2, 0.25) is 0 Å². The van der Waals surface area contributed by atoms with Crippen molar-refractivity contribution < 1.29 is 0 Å². The Hall–Kier alpha value is -4.55. The molecule has 0 aliphatic carbocycles. The lowest BCUT2D eigenvalue weighted by Crippen LogP contribution is -2.38. The third-order valence-corrected chi connectivity index (χ3v) is 7.78. The van der Waals surface area contributed by atoms with Crippen LogP contribution in [-0.4, -0.2) is 25.6 Å². The number of pyridine rings is 1. The number of nitrogens with zero attached hydrogens (tertiary/aromatic N) is 4. The first-order chi connectivity index (χ1) is 19.3. The van der Waals surface area contributed by atoms with E-state index in [0.29, 0.717) is 24.1 Å². The fourth-order valence-electron chi connectivity index (χ4n) is 5.61. The summed E-state index contributed by atoms with van der Waals surface area (Å²) >= 11 is 0. The highest BCUT2D eigenvalue weighted by atomic mass is 16.2. The maximum absolute atomic E-state index is 13.7. The Morgan fingerprint density at radius 1 is 0.800 bits per heavy atom. The van der Waals surface area contributed by atoms with Crippen molar-refractivity contribution in [3.63, 3.8) is 0 Å². The molecule has 0 saturated heterocycles. The van der Waals surface area contributed by atoms with Gasteiger partial charge in [-0.15, -0.1) is 0 Å². The van der Waals surface area contributed by atoms with Crippen molar-refractivity contribution in [3.8, 4) is 11.1 Å². The van der Waals surface area contributed by atoms with Crippen molar-refractivity contribution in [2.45, 2.75) is 26.9 Å². The van der Waals surface area contributed by atoms with E-state index in [1.54, 1.807) is 7.05 Å². The summed E-state index contributed by atoms with van der Waals surface area (Å²) in [7, 11) is 3.23. The van der Waals surface area contributed by atoms with Gasteiger partial charge in [0.15, 0.2) is 5.65 Å². The normalized spacial score (nSPS) is 14.6. The molecule has 1 aliphatic rings. The lowest BCUT2D eigenvalue weighted by Gasteiger charge is -2.32. The van der Waals surface area contributed by atoms with Gasteiger partial charge in [-0.2, -0.15) is 0 Å². The zero-order chi connectivity index (χ0) is 28.0. The Kier molecular flexibility index (Phi) is 6.56. The summed E-state index contributed by atoms with van der Waals surface area (Å²) in [5.74, 6) is 0. The van der Waals surface area contributed by atoms with Crippen LogP contribution >= 0.6 is 0 Å². The average Bonchev–Trinajstić information content (AvgIpc) is 2.96. The van der Waals surface area contributed by atoms with Gasteiger partial charge in [-0.25, -0.2) is 9.78 Å². The van der Waals surface area contributed by atoms with Crippen molar-refractivity contribution >= 4 is 22.7 Å². The molecule has 6 heteroatoms. The highest BCUT2D eigenvalue weighted by molar-refractivity contribution is 5.98. The molecule has 0 saturated carbocycles. The van der Waals surface area contributed by atoms with Gasteiger partial charge in [0, 0.05) is 44.9 Å². The highest BCUT2D eigenvalue weighted by Gasteiger charge is 2.29. The van der Waals surface area contributed by atoms with Crippen molar-refractivity contribution in [3.05, 3.63) is 133 Å². The number of hydrogen-bond acceptors (Lipinski definition) is 4. The molecule has 40 heavy (non-hydrogen) atoms. The van der Waals surface area contributed by atoms with Crippen LogP contribution in [0.3, 0.4) is 0 Å². The summed E-state index contributed by atoms with van der Waals surface area (Å²) in [6.07, 6.45) is 2.19. The molecule has 0 atom stereocenters. The molecule has 1 aliphatic heterocycles. The van der Waals surface area contributed by atoms with E-state index in [0.717, 1.165) is 45.6 Å². The second-order valence-electron chi connectivity index (χ2n) is 10.8. The molecule has 0 bridgehead atoms. The fourth-order valence-corrected chi connectivity index (χ4v) is 5.61. The number of fused-ring (bicyclic) bond motifs is 2. The topological polar surface area (TPSA) is 60.1 Å². The number of benzene rings is 3. The Labute approximate surface area is 233 Å². The lowest BCUT2D eigenvalue weighted by molar-refractivity contribution is 0.283. The minimum Gasteiger partial charge on any atom is -0.290 e. The van der Waals surface area contributed by atoms with Gasteiger partial charge in [-0.1, -0.05) is 90.0 Å². The van der Waals surface area contributed by atoms with Gasteiger partial charge in [0.25, 0.3) is 5.56 Å². The van der Waals surface area contributed by atoms with Gasteiger partial charge >= 0.3 is 5.69 Å². The van der Waals surface area contributed by atoms with Gasteiger partial charge in [-0.3, -0.25) is 18.8 Å². The molecule has 5 aromatic rings. The zero-order valence-corrected chi connectivity index (χ0v) is 23.3. The molecule has 3 heterocycles. The van der Waals surface area contributed by atoms with E-state index in [-0.39, 0.29) is 11.2 Å². The molecular weight excluding hydrogens is 496 g/mol. The predicted octanol–water partition coefficient (Wildman–Crippen LogP) is 5.47. The first kappa shape index (κ1) is 25.7. The van der Waals surface area contributed by atoms with E-state index in [9.17, 15) is 9.59 Å². The minimum atomic E-state index is -0.384. The van der Waals surface area contributed by atoms with E-state index in [2.05, 4.69) is 97.6 Å². The standard InChI is InChI=1S/C34H32N4O2/c1-22-10-14-24(15-11-22)18-27-20-38(19-25-8-6-5-7-9-25)21-28-29(26-16-12-23(2)13-17-26)30-32(35-31(27)28)36(3)34(40)37(4)33(30)39/h5-18H,19-21H2,1-4H3/b27-18+. The van der Waals surface area contributed by atoms with Crippen LogP contribution in [0.5, 0.6) is 0 Å². The van der Waals surface area contributed by atoms with Crippen molar-refractivity contribution in [2.75, 3.05) is 6.54 Å². The molecule has 2 aromatic heterocycles. The number of rotatable bonds is 4. The number of hydrogen-bond donors (Lipinski definition) is 0. The Morgan fingerprint density at radius 3 is 2.12 bits per heavy atom. The molecule has 0 radical (unpaired) electrons. The van der Waals surface area contributed by atoms with Gasteiger partial charge in [0.1, 0.15) is 0 Å². The summed E-state index contributed by atoms with van der Waals surface area (Å²) < 4.78 is 2.68. The smallest absolute Gasteiger partial charge is 0.290 e. The largest absolute Gasteiger partial charge is 0.332 e. The molecule has 0 N–H and O–H groups in total. The summed E-state index contributed by atoms with van der Waals surface area (Å²) in [6, 6.07) is 27.1. The third-order valence-electron chi connectivity index (χ3n) is 7.78. The van der Waals surface area contributed by atoms with E-state index in [1.807, 2.05) is 6.07 Å². The van der Waals surface area contributed by atoms with E-state index >= 15 is 0 Å². The maximum atomic E-state index is 13.7. The molecule has 6 nitrogen and oxygen atoms in total. The third kappa shape index (κ3) is 4.61. The monoisotopic (exact) mass is 528 g/mol. The molecule has 0 amide bonds. The molecule has 0 unspecified atom stereocenters. The van der Waals surface area contributed by atoms with Crippen LogP contribution in [0.15, 0.2) is 88.5 Å². The summed E-state index contributed by atoms with van der Waals surface area (Å²) in [5.41, 5.74) is 9.07. The van der Waals surface area contributed by atoms with Crippen LogP contribution in [0, 0.1) is 13.8 Å². The van der Waals surface area contributed by atoms with E-state index < -0.39 is 0 Å². The zero-order valence-electron chi connectivity index (χ0n) is 23.3.